The predicted octanol–water partition coefficient (Wildman–Crippen LogP) is 4.64. The van der Waals surface area contributed by atoms with Gasteiger partial charge >= 0.3 is 17.6 Å². The summed E-state index contributed by atoms with van der Waals surface area (Å²) in [5.41, 5.74) is 1.32. The van der Waals surface area contributed by atoms with E-state index in [9.17, 15) is 24.5 Å². The maximum absolute atomic E-state index is 13.4. The molecule has 2 atom stereocenters. The summed E-state index contributed by atoms with van der Waals surface area (Å²) in [5, 5.41) is 12.3. The monoisotopic (exact) mass is 548 g/mol. The molecular formula is C29H28N2O9. The highest BCUT2D eigenvalue weighted by Gasteiger charge is 2.43. The minimum absolute atomic E-state index is 0.0363. The van der Waals surface area contributed by atoms with E-state index in [4.69, 9.17) is 18.6 Å². The van der Waals surface area contributed by atoms with E-state index >= 15 is 0 Å². The summed E-state index contributed by atoms with van der Waals surface area (Å²) < 4.78 is 21.9. The number of carbonyl (C=O) groups excluding carboxylic acids is 2. The first-order valence-electron chi connectivity index (χ1n) is 12.7. The van der Waals surface area contributed by atoms with Crippen LogP contribution in [0.25, 0.3) is 11.0 Å². The third kappa shape index (κ3) is 5.78. The fourth-order valence-corrected chi connectivity index (χ4v) is 4.77. The van der Waals surface area contributed by atoms with Gasteiger partial charge in [0.25, 0.3) is 5.69 Å². The Morgan fingerprint density at radius 1 is 1.05 bits per heavy atom. The van der Waals surface area contributed by atoms with E-state index in [1.54, 1.807) is 52.0 Å². The number of benzene rings is 2. The number of nitrogens with zero attached hydrogens (tertiary/aromatic N) is 2. The molecule has 208 valence electrons. The van der Waals surface area contributed by atoms with Crippen molar-refractivity contribution in [2.75, 3.05) is 19.8 Å². The molecule has 2 aromatic carbocycles. The van der Waals surface area contributed by atoms with Crippen LogP contribution in [-0.2, 0) is 19.1 Å². The summed E-state index contributed by atoms with van der Waals surface area (Å²) in [6.45, 7) is 6.66. The lowest BCUT2D eigenvalue weighted by molar-refractivity contribution is -0.384. The van der Waals surface area contributed by atoms with Crippen LogP contribution in [0.3, 0.4) is 0 Å². The Hall–Kier alpha value is -4.80. The van der Waals surface area contributed by atoms with Gasteiger partial charge in [-0.3, -0.25) is 19.9 Å². The molecule has 0 saturated heterocycles. The fraction of sp³-hybridized carbons (Fsp3) is 0.310. The van der Waals surface area contributed by atoms with Gasteiger partial charge in [-0.05, 0) is 51.0 Å². The number of nitro benzene ring substituents is 1. The average Bonchev–Trinajstić information content (AvgIpc) is 2.91. The Bertz CT molecular complexity index is 1600. The first-order valence-corrected chi connectivity index (χ1v) is 12.7. The lowest BCUT2D eigenvalue weighted by Gasteiger charge is -2.32. The van der Waals surface area contributed by atoms with Crippen molar-refractivity contribution in [3.05, 3.63) is 91.5 Å². The van der Waals surface area contributed by atoms with E-state index in [2.05, 4.69) is 4.99 Å². The number of aryl methyl sites for hydroxylation is 1. The number of fused-ring (bicyclic) bond motifs is 1. The third-order valence-electron chi connectivity index (χ3n) is 6.49. The molecule has 11 nitrogen and oxygen atoms in total. The molecule has 40 heavy (non-hydrogen) atoms. The number of non-ortho nitro benzene ring substituents is 1. The Kier molecular flexibility index (Phi) is 8.42. The second-order valence-electron chi connectivity index (χ2n) is 9.09. The largest absolute Gasteiger partial charge is 0.487 e. The zero-order valence-corrected chi connectivity index (χ0v) is 22.5. The van der Waals surface area contributed by atoms with Crippen LogP contribution in [0.5, 0.6) is 5.75 Å². The molecule has 0 N–H and O–H groups in total. The third-order valence-corrected chi connectivity index (χ3v) is 6.49. The minimum Gasteiger partial charge on any atom is -0.487 e. The van der Waals surface area contributed by atoms with E-state index in [1.165, 1.54) is 24.3 Å². The fourth-order valence-electron chi connectivity index (χ4n) is 4.77. The van der Waals surface area contributed by atoms with Crippen molar-refractivity contribution in [2.24, 2.45) is 10.9 Å². The zero-order valence-electron chi connectivity index (χ0n) is 22.5. The molecule has 2 heterocycles. The topological polar surface area (TPSA) is 148 Å². The van der Waals surface area contributed by atoms with Gasteiger partial charge in [-0.15, -0.1) is 0 Å². The number of aliphatic imine (C=N–C) groups is 1. The van der Waals surface area contributed by atoms with Crippen molar-refractivity contribution >= 4 is 34.3 Å². The maximum atomic E-state index is 13.4. The smallest absolute Gasteiger partial charge is 0.336 e. The van der Waals surface area contributed by atoms with Gasteiger partial charge in [0.15, 0.2) is 0 Å². The van der Waals surface area contributed by atoms with E-state index in [0.29, 0.717) is 22.6 Å². The number of rotatable bonds is 9. The highest BCUT2D eigenvalue weighted by molar-refractivity contribution is 6.07. The molecule has 3 aromatic rings. The molecule has 2 unspecified atom stereocenters. The van der Waals surface area contributed by atoms with Gasteiger partial charge in [0.1, 0.15) is 23.9 Å². The van der Waals surface area contributed by atoms with Gasteiger partial charge in [0.05, 0.1) is 29.4 Å². The first kappa shape index (κ1) is 28.2. The molecule has 11 heteroatoms. The van der Waals surface area contributed by atoms with Gasteiger partial charge in [-0.25, -0.2) is 9.59 Å². The average molecular weight is 549 g/mol. The molecule has 0 fully saturated rings. The number of hydrogen-bond donors (Lipinski definition) is 0. The van der Waals surface area contributed by atoms with Gasteiger partial charge in [-0.2, -0.15) is 0 Å². The van der Waals surface area contributed by atoms with Crippen LogP contribution in [-0.4, -0.2) is 42.4 Å². The number of ether oxygens (including phenoxy) is 3. The molecule has 0 aliphatic carbocycles. The van der Waals surface area contributed by atoms with E-state index in [1.807, 2.05) is 0 Å². The van der Waals surface area contributed by atoms with Crippen LogP contribution in [0, 0.1) is 23.0 Å². The van der Waals surface area contributed by atoms with Crippen molar-refractivity contribution in [2.45, 2.75) is 33.6 Å². The predicted molar refractivity (Wildman–Crippen MR) is 145 cm³/mol. The number of hydrogen-bond acceptors (Lipinski definition) is 10. The highest BCUT2D eigenvalue weighted by atomic mass is 16.6. The van der Waals surface area contributed by atoms with Crippen LogP contribution in [0.1, 0.15) is 37.8 Å². The Balaban J connectivity index is 1.82. The standard InChI is InChI=1S/C29H28N2O9/c1-5-37-28(33)25-17(4)30-22(15-39-20-10-11-21-16(3)12-24(32)40-23(21)14-20)27(29(34)38-6-2)26(25)18-8-7-9-19(13-18)31(35)36/h7-14,25-26H,5-6,15H2,1-4H3. The van der Waals surface area contributed by atoms with Gasteiger partial charge in [0.2, 0.25) is 0 Å². The van der Waals surface area contributed by atoms with Crippen LogP contribution in [0.4, 0.5) is 5.69 Å². The summed E-state index contributed by atoms with van der Waals surface area (Å²) >= 11 is 0. The maximum Gasteiger partial charge on any atom is 0.336 e. The number of nitro groups is 1. The van der Waals surface area contributed by atoms with Crippen LogP contribution in [0.15, 0.2) is 74.0 Å². The molecule has 1 aliphatic rings. The lowest BCUT2D eigenvalue weighted by Crippen LogP contribution is -2.37. The minimum atomic E-state index is -1.02. The van der Waals surface area contributed by atoms with Crippen molar-refractivity contribution in [1.29, 1.82) is 0 Å². The highest BCUT2D eigenvalue weighted by Crippen LogP contribution is 2.41. The number of esters is 2. The number of carbonyl (C=O) groups is 2. The molecule has 0 radical (unpaired) electrons. The second kappa shape index (κ2) is 11.9. The van der Waals surface area contributed by atoms with Crippen molar-refractivity contribution in [3.63, 3.8) is 0 Å². The van der Waals surface area contributed by atoms with Crippen molar-refractivity contribution in [3.8, 4) is 5.75 Å². The molecule has 0 bridgehead atoms. The van der Waals surface area contributed by atoms with Crippen LogP contribution in [0.2, 0.25) is 0 Å². The Labute approximate surface area is 229 Å². The summed E-state index contributed by atoms with van der Waals surface area (Å²) in [7, 11) is 0. The summed E-state index contributed by atoms with van der Waals surface area (Å²) in [4.78, 5) is 53.9. The molecule has 0 saturated carbocycles. The molecule has 1 aromatic heterocycles. The molecule has 0 amide bonds. The first-order chi connectivity index (χ1) is 19.1. The van der Waals surface area contributed by atoms with Crippen molar-refractivity contribution < 1.29 is 33.1 Å². The normalized spacial score (nSPS) is 16.9. The zero-order chi connectivity index (χ0) is 29.0. The summed E-state index contributed by atoms with van der Waals surface area (Å²) in [6.07, 6.45) is 0. The molecule has 0 spiro atoms. The van der Waals surface area contributed by atoms with Crippen LogP contribution < -0.4 is 10.4 Å². The van der Waals surface area contributed by atoms with E-state index in [0.717, 1.165) is 10.9 Å². The Morgan fingerprint density at radius 2 is 1.80 bits per heavy atom. The Morgan fingerprint density at radius 3 is 2.50 bits per heavy atom. The van der Waals surface area contributed by atoms with Crippen molar-refractivity contribution in [1.82, 2.24) is 0 Å². The van der Waals surface area contributed by atoms with Gasteiger partial charge < -0.3 is 18.6 Å². The molecule has 4 rings (SSSR count). The SMILES string of the molecule is CCOC(=O)C1=C(COc2ccc3c(C)cc(=O)oc3c2)N=C(C)C(C(=O)OCC)C1c1cccc([N+](=O)[O-])c1. The van der Waals surface area contributed by atoms with Gasteiger partial charge in [-0.1, -0.05) is 12.1 Å². The molecule has 1 aliphatic heterocycles. The molecular weight excluding hydrogens is 520 g/mol. The van der Waals surface area contributed by atoms with E-state index < -0.39 is 34.3 Å². The van der Waals surface area contributed by atoms with Gasteiger partial charge in [0, 0.05) is 41.3 Å². The van der Waals surface area contributed by atoms with E-state index in [-0.39, 0.29) is 36.8 Å². The second-order valence-corrected chi connectivity index (χ2v) is 9.09. The van der Waals surface area contributed by atoms with Crippen LogP contribution >= 0.6 is 0 Å². The summed E-state index contributed by atoms with van der Waals surface area (Å²) in [6, 6.07) is 12.1. The quantitative estimate of drug-likeness (QED) is 0.161. The lowest BCUT2D eigenvalue weighted by atomic mass is 9.75. The summed E-state index contributed by atoms with van der Waals surface area (Å²) in [5.74, 6) is -3.01.